The first-order valence-corrected chi connectivity index (χ1v) is 48.5. The third-order valence-corrected chi connectivity index (χ3v) is 32.8. The molecule has 8 heterocycles. The lowest BCUT2D eigenvalue weighted by molar-refractivity contribution is -0.399. The van der Waals surface area contributed by atoms with Crippen LogP contribution in [0.15, 0.2) is 42.0 Å². The molecule has 1 amide bonds. The summed E-state index contributed by atoms with van der Waals surface area (Å²) in [6, 6.07) is 9.43. The highest BCUT2D eigenvalue weighted by molar-refractivity contribution is 5.82. The van der Waals surface area contributed by atoms with Gasteiger partial charge in [0.1, 0.15) is 165 Å². The Bertz CT molecular complexity index is 4110. The number of hydrogen-bond donors (Lipinski definition) is 21. The van der Waals surface area contributed by atoms with Gasteiger partial charge in [-0.05, 0) is 143 Å². The third kappa shape index (κ3) is 21.4. The number of hydrogen-bond acceptors (Lipinski definition) is 41. The van der Waals surface area contributed by atoms with Gasteiger partial charge in [-0.3, -0.25) is 14.4 Å². The van der Waals surface area contributed by atoms with E-state index in [1.807, 2.05) is 30.3 Å². The molecular formula is C94H147NO41. The highest BCUT2D eigenvalue weighted by Gasteiger charge is 2.72. The predicted octanol–water partition coefficient (Wildman–Crippen LogP) is -2.82. The molecule has 774 valence electrons. The van der Waals surface area contributed by atoms with Gasteiger partial charge in [-0.2, -0.15) is 0 Å². The molecule has 47 atom stereocenters. The number of carbonyl (C=O) groups excluding carboxylic acids is 4. The molecule has 5 aliphatic carbocycles. The van der Waals surface area contributed by atoms with Crippen LogP contribution in [0.3, 0.4) is 0 Å². The van der Waals surface area contributed by atoms with Crippen molar-refractivity contribution in [1.82, 2.24) is 5.32 Å². The van der Waals surface area contributed by atoms with Crippen molar-refractivity contribution in [3.63, 3.8) is 0 Å². The second kappa shape index (κ2) is 44.3. The molecular weight excluding hydrogens is 1800 g/mol. The van der Waals surface area contributed by atoms with E-state index in [1.165, 1.54) is 20.8 Å². The summed E-state index contributed by atoms with van der Waals surface area (Å²) in [6.45, 7) is 14.3. The number of aldehydes is 1. The van der Waals surface area contributed by atoms with Gasteiger partial charge in [0, 0.05) is 13.0 Å². The van der Waals surface area contributed by atoms with Crippen LogP contribution in [-0.4, -0.2) is 399 Å². The van der Waals surface area contributed by atoms with Crippen molar-refractivity contribution in [1.29, 1.82) is 0 Å². The summed E-state index contributed by atoms with van der Waals surface area (Å²) in [6.07, 6.45) is -56.9. The zero-order chi connectivity index (χ0) is 98.5. The normalized spacial score (nSPS) is 48.6. The van der Waals surface area contributed by atoms with Crippen LogP contribution in [0, 0.1) is 50.2 Å². The number of nitrogens with one attached hydrogen (secondary N) is 1. The van der Waals surface area contributed by atoms with E-state index in [9.17, 15) is 117 Å². The summed E-state index contributed by atoms with van der Waals surface area (Å²) >= 11 is 0. The number of allylic oxidation sites excluding steroid dienone is 2. The fraction of sp³-hybridized carbons (Fsp3) is 0.872. The molecule has 4 saturated carbocycles. The second-order valence-electron chi connectivity index (χ2n) is 41.9. The Balaban J connectivity index is 0.696. The van der Waals surface area contributed by atoms with Crippen molar-refractivity contribution in [3.8, 4) is 0 Å². The van der Waals surface area contributed by atoms with Gasteiger partial charge in [0.2, 0.25) is 6.29 Å². The van der Waals surface area contributed by atoms with E-state index in [0.717, 1.165) is 49.5 Å². The van der Waals surface area contributed by atoms with Crippen LogP contribution in [0.4, 0.5) is 0 Å². The van der Waals surface area contributed by atoms with Gasteiger partial charge < -0.3 is 193 Å². The SMILES string of the molecule is C[C@@H]1O[C@@H](O[C@H]2[C@H](O)[C@@H](C(=O)NCCCCCCCCCCC(=O)OCc3ccccc3)O[C@@H](O[C@H]3CC[C@]4(C)[C@H]5CC=C6[C@@H]7CC(C)(C)CC[C@]7(C(=O)O[C@@H]7O[C@H](C)[C@H](O)[C@H](O)[C@H]7O[C@H]7O[C@@H](C)[C@H](O[C@H]8OC[C@H](O)[C@@H](O)[C@@H]8O)[C@@H](O[C@@H]8O[C@H](CO)[C@@H](O)[C@H](O[C@@H]9OC[C@@H](O)[C@H](O)[C@H]9O)[C@H]8O)[C@H]7O)CC[C@@]6(C)[C@]5(C)CC[C@H]4[C@]3(C)C=O)[C@@H]2O[C@@H]2O[C@H](CO)[C@H](O)[C@H](O)[C@H]2O)[C@H](O)[C@H](O)[C@H]1O. The van der Waals surface area contributed by atoms with E-state index in [1.54, 1.807) is 6.92 Å². The number of fused-ring (bicyclic) bond motifs is 7. The third-order valence-electron chi connectivity index (χ3n) is 32.8. The second-order valence-corrected chi connectivity index (χ2v) is 41.9. The van der Waals surface area contributed by atoms with Gasteiger partial charge in [0.25, 0.3) is 5.91 Å². The number of unbranched alkanes of at least 4 members (excludes halogenated alkanes) is 7. The molecule has 136 heavy (non-hydrogen) atoms. The summed E-state index contributed by atoms with van der Waals surface area (Å²) in [7, 11) is 0. The minimum atomic E-state index is -2.19. The maximum absolute atomic E-state index is 16.2. The molecule has 42 nitrogen and oxygen atoms in total. The molecule has 1 aromatic rings. The van der Waals surface area contributed by atoms with Crippen LogP contribution in [0.2, 0.25) is 0 Å². The van der Waals surface area contributed by atoms with Gasteiger partial charge in [0.15, 0.2) is 56.2 Å². The number of amides is 1. The average Bonchev–Trinajstić information content (AvgIpc) is 0.671. The number of ether oxygens (including phenoxy) is 17. The zero-order valence-corrected chi connectivity index (χ0v) is 78.5. The molecule has 14 rings (SSSR count). The van der Waals surface area contributed by atoms with Gasteiger partial charge in [-0.1, -0.05) is 122 Å². The molecule has 8 saturated heterocycles. The molecule has 0 radical (unpaired) electrons. The molecule has 42 heteroatoms. The van der Waals surface area contributed by atoms with Crippen LogP contribution in [0.5, 0.6) is 0 Å². The molecule has 12 fully saturated rings. The topological polar surface area (TPSA) is 642 Å². The van der Waals surface area contributed by atoms with E-state index < -0.39 is 317 Å². The summed E-state index contributed by atoms with van der Waals surface area (Å²) in [5.41, 5.74) is -2.95. The smallest absolute Gasteiger partial charge is 0.315 e. The largest absolute Gasteiger partial charge is 0.461 e. The van der Waals surface area contributed by atoms with Crippen molar-refractivity contribution < 1.29 is 202 Å². The Kier molecular flexibility index (Phi) is 35.0. The van der Waals surface area contributed by atoms with Crippen LogP contribution in [0.25, 0.3) is 0 Å². The van der Waals surface area contributed by atoms with Crippen LogP contribution in [0.1, 0.15) is 190 Å². The summed E-state index contributed by atoms with van der Waals surface area (Å²) in [5, 5.41) is 227. The minimum Gasteiger partial charge on any atom is -0.461 e. The molecule has 0 unspecified atom stereocenters. The molecule has 0 spiro atoms. The molecule has 0 bridgehead atoms. The van der Waals surface area contributed by atoms with E-state index in [2.05, 4.69) is 46.0 Å². The van der Waals surface area contributed by atoms with E-state index >= 15 is 4.79 Å². The predicted molar refractivity (Wildman–Crippen MR) is 461 cm³/mol. The Morgan fingerprint density at radius 1 is 0.449 bits per heavy atom. The Labute approximate surface area is 789 Å². The van der Waals surface area contributed by atoms with E-state index in [4.69, 9.17) is 80.5 Å². The molecule has 0 aromatic heterocycles. The first kappa shape index (κ1) is 107. The molecule has 1 aromatic carbocycles. The maximum Gasteiger partial charge on any atom is 0.315 e. The number of rotatable bonds is 33. The standard InChI is InChI=1S/C94H147NO41/c1-42-56(102)62(108)67(113)82(123-42)131-74-69(115)76(79(118)95-34-20-15-13-11-10-12-14-19-23-55(101)120-38-45-21-17-16-18-22-45)133-87(78(74)135-83-68(114)63(109)60(106)50(36-96)126-83)128-54-27-28-90(6)52(91(54,7)41-98)26-29-93(9)53(90)25-24-46-47-35-89(4,5)30-32-94(47,33-31-92(46,93)8)88(119)136-86-77(64(110)57(103)43(2)124-86)134-84-71(117)75(72(44(3)125-84)129-80-65(111)58(104)48(99)39-121-80)132-85-70(116)73(61(107)51(37-97)127-85)130-81-66(112)59(105)49(100)40-122-81/h16-18,21-22,24,41-44,47-54,56-78,80-87,96-97,99-100,102-117H,10-15,19-20,23,25-40H2,1-9H3,(H,95,118)/t42-,43+,44-,47-,48-,49+,50+,51+,52+,53+,54-,56-,57-,58+,59-,60-,61+,62+,63-,64-,65-,66+,67+,68+,69-,70+,71+,72-,73-,74-,75-,76-,77+,78+,80+,81-,82-,83-,84+,85-,86-,87+,90-,91-,92+,93+,94-/m0/s1. The van der Waals surface area contributed by atoms with Crippen LogP contribution in [-0.2, 0) is 106 Å². The quantitative estimate of drug-likeness (QED) is 0.0111. The van der Waals surface area contributed by atoms with Crippen molar-refractivity contribution in [2.24, 2.45) is 50.2 Å². The first-order valence-electron chi connectivity index (χ1n) is 48.5. The molecule has 21 N–H and O–H groups in total. The van der Waals surface area contributed by atoms with Gasteiger partial charge in [0.05, 0.1) is 61.7 Å². The van der Waals surface area contributed by atoms with Crippen LogP contribution < -0.4 is 5.32 Å². The zero-order valence-electron chi connectivity index (χ0n) is 78.5. The van der Waals surface area contributed by atoms with E-state index in [-0.39, 0.29) is 43.3 Å². The monoisotopic (exact) mass is 1950 g/mol. The minimum absolute atomic E-state index is 0.106. The van der Waals surface area contributed by atoms with Crippen molar-refractivity contribution in [2.75, 3.05) is 33.0 Å². The highest BCUT2D eigenvalue weighted by atomic mass is 16.8. The Morgan fingerprint density at radius 2 is 0.956 bits per heavy atom. The number of esters is 2. The highest BCUT2D eigenvalue weighted by Crippen LogP contribution is 2.76. The lowest BCUT2D eigenvalue weighted by atomic mass is 9.33. The lowest BCUT2D eigenvalue weighted by Crippen LogP contribution is -2.69. The fourth-order valence-corrected chi connectivity index (χ4v) is 24.2. The number of carbonyl (C=O) groups is 4. The van der Waals surface area contributed by atoms with Crippen molar-refractivity contribution in [2.45, 2.75) is 430 Å². The fourth-order valence-electron chi connectivity index (χ4n) is 24.2. The van der Waals surface area contributed by atoms with Gasteiger partial charge in [-0.15, -0.1) is 0 Å². The molecule has 13 aliphatic rings. The Morgan fingerprint density at radius 3 is 1.58 bits per heavy atom. The number of benzene rings is 1. The van der Waals surface area contributed by atoms with Crippen molar-refractivity contribution >= 4 is 24.1 Å². The number of aliphatic hydroxyl groups is 20. The maximum atomic E-state index is 16.2. The average molecular weight is 1950 g/mol. The Hall–Kier alpha value is -4.36. The van der Waals surface area contributed by atoms with Gasteiger partial charge >= 0.3 is 11.9 Å². The summed E-state index contributed by atoms with van der Waals surface area (Å²) in [4.78, 5) is 58.1. The number of aliphatic hydroxyl groups excluding tert-OH is 20. The van der Waals surface area contributed by atoms with Crippen molar-refractivity contribution in [3.05, 3.63) is 47.5 Å². The summed E-state index contributed by atoms with van der Waals surface area (Å²) in [5.74, 6) is -2.92. The van der Waals surface area contributed by atoms with E-state index in [0.29, 0.717) is 77.0 Å². The lowest BCUT2D eigenvalue weighted by Gasteiger charge is -2.71. The summed E-state index contributed by atoms with van der Waals surface area (Å²) < 4.78 is 105. The molecule has 8 aliphatic heterocycles. The van der Waals surface area contributed by atoms with Gasteiger partial charge in [-0.25, -0.2) is 0 Å². The first-order chi connectivity index (χ1) is 64.4. The van der Waals surface area contributed by atoms with Crippen LogP contribution >= 0.6 is 0 Å².